The van der Waals surface area contributed by atoms with Crippen LogP contribution in [0.15, 0.2) is 144 Å². The molecule has 0 bridgehead atoms. The number of nitrogens with zero attached hydrogens (tertiary/aromatic N) is 7. The minimum atomic E-state index is -3.56. The zero-order valence-electron chi connectivity index (χ0n) is 61.1. The number of aliphatic hydroxyl groups excluding tert-OH is 2. The molecule has 0 atom stereocenters. The lowest BCUT2D eigenvalue weighted by Crippen LogP contribution is -2.31. The molecule has 29 heteroatoms. The van der Waals surface area contributed by atoms with Crippen molar-refractivity contribution in [2.24, 2.45) is 35.5 Å². The average molecular weight is 1490 g/mol. The van der Waals surface area contributed by atoms with E-state index in [2.05, 4.69) is 56.6 Å². The Labute approximate surface area is 612 Å². The van der Waals surface area contributed by atoms with Gasteiger partial charge in [0.1, 0.15) is 28.9 Å². The number of nitrogens with one attached hydrogen (secondary N) is 1. The third-order valence-corrected chi connectivity index (χ3v) is 20.8. The van der Waals surface area contributed by atoms with Crippen molar-refractivity contribution in [2.45, 2.75) is 180 Å². The molecule has 105 heavy (non-hydrogen) atoms. The zero-order chi connectivity index (χ0) is 77.0. The van der Waals surface area contributed by atoms with Gasteiger partial charge in [-0.15, -0.1) is 0 Å². The van der Waals surface area contributed by atoms with Crippen LogP contribution in [0, 0.1) is 69.6 Å². The van der Waals surface area contributed by atoms with Crippen LogP contribution in [0.25, 0.3) is 27.9 Å². The molecule has 8 aromatic rings. The Morgan fingerprint density at radius 1 is 0.619 bits per heavy atom. The summed E-state index contributed by atoms with van der Waals surface area (Å²) < 4.78 is 69.6. The second kappa shape index (κ2) is 38.0. The number of fused-ring (bicyclic) bond motifs is 2. The summed E-state index contributed by atoms with van der Waals surface area (Å²) in [5, 5.41) is 51.5. The van der Waals surface area contributed by atoms with Gasteiger partial charge in [0.2, 0.25) is 0 Å². The largest absolute Gasteiger partial charge is 0.478 e. The summed E-state index contributed by atoms with van der Waals surface area (Å²) in [6, 6.07) is 29.4. The van der Waals surface area contributed by atoms with Gasteiger partial charge in [-0.25, -0.2) is 24.4 Å². The number of pyridine rings is 1. The highest BCUT2D eigenvalue weighted by Gasteiger charge is 2.34. The lowest BCUT2D eigenvalue weighted by molar-refractivity contribution is -0.385. The molecule has 566 valence electrons. The summed E-state index contributed by atoms with van der Waals surface area (Å²) in [5.74, 6) is 3.36. The van der Waals surface area contributed by atoms with Crippen molar-refractivity contribution in [1.82, 2.24) is 24.6 Å². The molecule has 6 aliphatic rings. The molecule has 0 spiro atoms. The summed E-state index contributed by atoms with van der Waals surface area (Å²) in [6.07, 6.45) is 15.9. The highest BCUT2D eigenvalue weighted by molar-refractivity contribution is 7.87. The number of nitro benzene ring substituents is 2. The smallest absolute Gasteiger partial charge is 0.343 e. The van der Waals surface area contributed by atoms with E-state index in [0.29, 0.717) is 52.8 Å². The van der Waals surface area contributed by atoms with Gasteiger partial charge in [-0.1, -0.05) is 76.9 Å². The van der Waals surface area contributed by atoms with E-state index in [9.17, 15) is 56.2 Å². The molecule has 0 unspecified atom stereocenters. The van der Waals surface area contributed by atoms with E-state index < -0.39 is 48.0 Å². The molecule has 6 fully saturated rings. The Bertz CT molecular complexity index is 4290. The van der Waals surface area contributed by atoms with Crippen LogP contribution in [-0.2, 0) is 42.9 Å². The Kier molecular flexibility index (Phi) is 30.0. The third-order valence-electron chi connectivity index (χ3n) is 18.0. The van der Waals surface area contributed by atoms with E-state index in [1.807, 2.05) is 57.2 Å². The van der Waals surface area contributed by atoms with Crippen molar-refractivity contribution in [3.8, 4) is 11.3 Å². The lowest BCUT2D eigenvalue weighted by Gasteiger charge is -2.31. The maximum Gasteiger partial charge on any atom is 0.343 e. The summed E-state index contributed by atoms with van der Waals surface area (Å²) in [6.45, 7) is 18.6. The predicted molar refractivity (Wildman–Crippen MR) is 395 cm³/mol. The molecular weight excluding hydrogens is 1390 g/mol. The number of aromatic nitrogens is 5. The number of hydrogen-bond donors (Lipinski definition) is 4. The predicted octanol–water partition coefficient (Wildman–Crippen LogP) is 13.9. The third kappa shape index (κ3) is 24.9. The minimum Gasteiger partial charge on any atom is -0.478 e. The molecule has 14 rings (SSSR count). The molecule has 27 nitrogen and oxygen atoms in total. The van der Waals surface area contributed by atoms with E-state index in [-0.39, 0.29) is 57.2 Å². The van der Waals surface area contributed by atoms with Crippen molar-refractivity contribution in [3.63, 3.8) is 0 Å². The number of ketones is 1. The second-order valence-corrected chi connectivity index (χ2v) is 31.3. The van der Waals surface area contributed by atoms with E-state index in [0.717, 1.165) is 140 Å². The summed E-state index contributed by atoms with van der Waals surface area (Å²) in [4.78, 5) is 78.4. The number of carbonyl (C=O) groups excluding carboxylic acids is 3. The fraction of sp³-hybridized carbons (Fsp3) is 0.461. The molecule has 0 saturated heterocycles. The number of carboxylic acids is 1. The van der Waals surface area contributed by atoms with Crippen LogP contribution in [0.1, 0.15) is 168 Å². The number of esters is 2. The number of rotatable bonds is 15. The quantitative estimate of drug-likeness (QED) is 0.0320. The standard InChI is InChI=1S/C18H18N6O2.C12H13NO4.2C12H16O3S.C7H5NO4.2C5H10O.C5H8O/c1-4-26-18(25)13-10-21-24-15(23(2)3)8-14(22-17(13)24)12-9-20-16-11(12)6-5-7-19-16;1-8-6-11(7-8)17-12(14)9-2-4-10(5-3-9)13(15)16;2*1-9-3-5-12(6-4-9)16(13,14)15-11-7-10(2)8-11;9-7(10)5-1-3-6(4-2-5)8(11)12;3*1-4-2-5(6)3-4/h5-10H,4H2,1-3H3,(H,19,20);2-5,8,11H,6-7H2,1H3;2*3-6,10-11H,7-8H2,1-2H3;1-4H,(H,9,10);2*4-6H,2-3H2,1H3;4H,2-3H2,1H3. The van der Waals surface area contributed by atoms with Crippen LogP contribution in [0.2, 0.25) is 0 Å². The van der Waals surface area contributed by atoms with Crippen molar-refractivity contribution < 1.29 is 79.0 Å². The van der Waals surface area contributed by atoms with Crippen molar-refractivity contribution in [2.75, 3.05) is 25.6 Å². The number of ether oxygens (including phenoxy) is 2. The van der Waals surface area contributed by atoms with Gasteiger partial charge < -0.3 is 34.7 Å². The Balaban J connectivity index is 0.000000175. The van der Waals surface area contributed by atoms with Crippen molar-refractivity contribution in [3.05, 3.63) is 182 Å². The molecule has 0 amide bonds. The Morgan fingerprint density at radius 2 is 1.06 bits per heavy atom. The first kappa shape index (κ1) is 82.9. The van der Waals surface area contributed by atoms with Crippen LogP contribution in [0.4, 0.5) is 17.2 Å². The number of non-ortho nitro benzene ring substituents is 2. The van der Waals surface area contributed by atoms with Gasteiger partial charge in [-0.3, -0.25) is 33.4 Å². The van der Waals surface area contributed by atoms with Gasteiger partial charge in [-0.05, 0) is 181 Å². The van der Waals surface area contributed by atoms with Crippen LogP contribution < -0.4 is 4.90 Å². The van der Waals surface area contributed by atoms with Crippen molar-refractivity contribution in [1.29, 1.82) is 0 Å². The molecular formula is C76H96N8O19S2. The first-order valence-corrected chi connectivity index (χ1v) is 37.9. The number of anilines is 1. The van der Waals surface area contributed by atoms with Crippen LogP contribution in [0.3, 0.4) is 0 Å². The molecule has 4 N–H and O–H groups in total. The van der Waals surface area contributed by atoms with Crippen molar-refractivity contribution >= 4 is 77.8 Å². The van der Waals surface area contributed by atoms with E-state index in [1.54, 1.807) is 66.2 Å². The topological polar surface area (TPSA) is 383 Å². The highest BCUT2D eigenvalue weighted by atomic mass is 32.2. The number of nitro groups is 2. The number of carbonyl (C=O) groups is 4. The highest BCUT2D eigenvalue weighted by Crippen LogP contribution is 2.35. The summed E-state index contributed by atoms with van der Waals surface area (Å²) in [7, 11) is -3.29. The number of aromatic amines is 1. The number of Topliss-reactive ketones (excluding diaryl/α,β-unsaturated/α-hetero) is 1. The zero-order valence-corrected chi connectivity index (χ0v) is 62.7. The SMILES string of the molecule is CC1CC(=O)C1.CC1CC(O)C1.CC1CC(O)C1.CC1CC(OC(=O)c2ccc([N+](=O)[O-])cc2)C1.CCOC(=O)c1cnn2c(N(C)C)cc(-c3c[nH]c4ncccc34)nc12.Cc1ccc(S(=O)(=O)OC2CC(C)C2)cc1.Cc1ccc(S(=O)(=O)OC2CC(C)C2)cc1.O=C(O)c1ccc([N+](=O)[O-])cc1. The van der Waals surface area contributed by atoms with Gasteiger partial charge in [0, 0.05) is 80.6 Å². The fourth-order valence-corrected chi connectivity index (χ4v) is 13.8. The molecule has 4 heterocycles. The number of aryl methyl sites for hydroxylation is 2. The van der Waals surface area contributed by atoms with Gasteiger partial charge in [0.05, 0.1) is 73.7 Å². The number of carboxylic acid groups (broad SMARTS) is 1. The van der Waals surface area contributed by atoms with E-state index in [1.165, 1.54) is 42.6 Å². The van der Waals surface area contributed by atoms with Crippen LogP contribution >= 0.6 is 0 Å². The maximum absolute atomic E-state index is 12.3. The number of hydrogen-bond acceptors (Lipinski definition) is 22. The van der Waals surface area contributed by atoms with E-state index >= 15 is 0 Å². The minimum absolute atomic E-state index is 0.00712. The van der Waals surface area contributed by atoms with Gasteiger partial charge in [0.25, 0.3) is 31.6 Å². The first-order chi connectivity index (χ1) is 49.6. The van der Waals surface area contributed by atoms with Crippen LogP contribution in [-0.4, -0.2) is 141 Å². The second-order valence-electron chi connectivity index (χ2n) is 28.2. The first-order valence-electron chi connectivity index (χ1n) is 35.0. The maximum atomic E-state index is 12.3. The van der Waals surface area contributed by atoms with Gasteiger partial charge in [0.15, 0.2) is 5.65 Å². The monoisotopic (exact) mass is 1490 g/mol. The molecule has 6 saturated carbocycles. The molecule has 6 aliphatic carbocycles. The fourth-order valence-electron chi connectivity index (χ4n) is 11.6. The number of aromatic carboxylic acids is 1. The molecule has 4 aromatic carbocycles. The summed E-state index contributed by atoms with van der Waals surface area (Å²) in [5.41, 5.74) is 5.57. The number of H-pyrrole nitrogens is 1. The number of benzene rings is 4. The number of aliphatic hydroxyl groups is 2. The lowest BCUT2D eigenvalue weighted by atomic mass is 9.84. The molecule has 0 aliphatic heterocycles. The Morgan fingerprint density at radius 3 is 1.42 bits per heavy atom. The van der Waals surface area contributed by atoms with Gasteiger partial charge in [-0.2, -0.15) is 26.4 Å². The summed E-state index contributed by atoms with van der Waals surface area (Å²) >= 11 is 0. The van der Waals surface area contributed by atoms with E-state index in [4.69, 9.17) is 38.1 Å². The average Bonchev–Trinajstić information content (AvgIpc) is 1.63. The molecule has 0 radical (unpaired) electrons. The van der Waals surface area contributed by atoms with Gasteiger partial charge >= 0.3 is 17.9 Å². The Hall–Kier alpha value is -9.39. The normalized spacial score (nSPS) is 21.7. The molecule has 4 aromatic heterocycles. The van der Waals surface area contributed by atoms with Crippen LogP contribution in [0.5, 0.6) is 0 Å².